The van der Waals surface area contributed by atoms with Gasteiger partial charge in [0.25, 0.3) is 0 Å². The minimum atomic E-state index is 0.419. The Hall–Kier alpha value is -1.53. The molecule has 1 aromatic heterocycles. The zero-order chi connectivity index (χ0) is 15.4. The van der Waals surface area contributed by atoms with Crippen LogP contribution < -0.4 is 15.2 Å². The van der Waals surface area contributed by atoms with Crippen LogP contribution in [0.25, 0.3) is 0 Å². The fourth-order valence-electron chi connectivity index (χ4n) is 2.08. The highest BCUT2D eigenvalue weighted by Gasteiger charge is 2.14. The molecule has 0 fully saturated rings. The molecule has 0 bridgehead atoms. The molecule has 0 radical (unpaired) electrons. The van der Waals surface area contributed by atoms with Crippen molar-refractivity contribution in [1.29, 1.82) is 0 Å². The van der Waals surface area contributed by atoms with Gasteiger partial charge in [-0.2, -0.15) is 5.10 Å². The maximum absolute atomic E-state index is 5.88. The van der Waals surface area contributed by atoms with E-state index in [1.807, 2.05) is 29.9 Å². The lowest BCUT2D eigenvalue weighted by molar-refractivity contribution is 0.275. The predicted molar refractivity (Wildman–Crippen MR) is 85.5 cm³/mol. The number of ether oxygens (including phenoxy) is 2. The van der Waals surface area contributed by atoms with Gasteiger partial charge in [0.15, 0.2) is 11.5 Å². The number of aryl methyl sites for hydroxylation is 2. The van der Waals surface area contributed by atoms with Crippen LogP contribution in [0.2, 0.25) is 0 Å². The molecule has 0 saturated heterocycles. The summed E-state index contributed by atoms with van der Waals surface area (Å²) in [7, 11) is 3.54. The smallest absolute Gasteiger partial charge is 0.161 e. The van der Waals surface area contributed by atoms with E-state index in [1.165, 1.54) is 0 Å². The van der Waals surface area contributed by atoms with Crippen molar-refractivity contribution in [3.63, 3.8) is 0 Å². The van der Waals surface area contributed by atoms with Crippen LogP contribution in [0.4, 0.5) is 0 Å². The molecule has 1 heterocycles. The summed E-state index contributed by atoms with van der Waals surface area (Å²) in [4.78, 5) is 0. The summed E-state index contributed by atoms with van der Waals surface area (Å²) in [5.41, 5.74) is 8.67. The van der Waals surface area contributed by atoms with Crippen LogP contribution in [0.5, 0.6) is 11.5 Å². The Kier molecular flexibility index (Phi) is 5.25. The van der Waals surface area contributed by atoms with Crippen LogP contribution in [0.1, 0.15) is 23.9 Å². The standard InChI is InChI=1S/C15H20BrN3O2/c1-4-11-15(16)12(19(2)18-11)9-21-13-6-5-10(8-17)7-14(13)20-3/h5-7H,4,8-9,17H2,1-3H3. The molecular formula is C15H20BrN3O2. The SMILES string of the molecule is CCc1nn(C)c(COc2ccc(CN)cc2OC)c1Br. The molecule has 1 aromatic carbocycles. The third-order valence-corrected chi connectivity index (χ3v) is 4.25. The third kappa shape index (κ3) is 3.39. The second-order valence-electron chi connectivity index (χ2n) is 4.66. The lowest BCUT2D eigenvalue weighted by Gasteiger charge is -2.12. The van der Waals surface area contributed by atoms with Crippen molar-refractivity contribution in [3.8, 4) is 11.5 Å². The van der Waals surface area contributed by atoms with Gasteiger partial charge in [-0.15, -0.1) is 0 Å². The maximum atomic E-state index is 5.88. The van der Waals surface area contributed by atoms with E-state index in [0.717, 1.165) is 27.8 Å². The summed E-state index contributed by atoms with van der Waals surface area (Å²) < 4.78 is 14.1. The number of methoxy groups -OCH3 is 1. The van der Waals surface area contributed by atoms with Gasteiger partial charge in [0, 0.05) is 13.6 Å². The number of benzene rings is 1. The largest absolute Gasteiger partial charge is 0.493 e. The average molecular weight is 354 g/mol. The van der Waals surface area contributed by atoms with Crippen molar-refractivity contribution in [2.45, 2.75) is 26.5 Å². The van der Waals surface area contributed by atoms with E-state index in [9.17, 15) is 0 Å². The summed E-state index contributed by atoms with van der Waals surface area (Å²) in [5.74, 6) is 1.38. The van der Waals surface area contributed by atoms with Crippen LogP contribution in [-0.4, -0.2) is 16.9 Å². The first-order chi connectivity index (χ1) is 10.1. The Morgan fingerprint density at radius 2 is 2.10 bits per heavy atom. The number of nitrogens with zero attached hydrogens (tertiary/aromatic N) is 2. The number of nitrogens with two attached hydrogens (primary N) is 1. The van der Waals surface area contributed by atoms with Crippen LogP contribution in [0.15, 0.2) is 22.7 Å². The van der Waals surface area contributed by atoms with Crippen molar-refractivity contribution in [2.75, 3.05) is 7.11 Å². The Morgan fingerprint density at radius 3 is 2.67 bits per heavy atom. The first-order valence-corrected chi connectivity index (χ1v) is 7.60. The molecule has 114 valence electrons. The minimum absolute atomic E-state index is 0.419. The lowest BCUT2D eigenvalue weighted by atomic mass is 10.2. The van der Waals surface area contributed by atoms with E-state index >= 15 is 0 Å². The highest BCUT2D eigenvalue weighted by atomic mass is 79.9. The molecule has 0 aliphatic heterocycles. The molecule has 0 spiro atoms. The van der Waals surface area contributed by atoms with Gasteiger partial charge in [0.1, 0.15) is 6.61 Å². The van der Waals surface area contributed by atoms with Crippen LogP contribution in [0, 0.1) is 0 Å². The molecule has 0 aliphatic rings. The number of hydrogen-bond acceptors (Lipinski definition) is 4. The molecule has 0 amide bonds. The van der Waals surface area contributed by atoms with Gasteiger partial charge < -0.3 is 15.2 Å². The number of rotatable bonds is 6. The van der Waals surface area contributed by atoms with Gasteiger partial charge in [0.2, 0.25) is 0 Å². The summed E-state index contributed by atoms with van der Waals surface area (Å²) in [5, 5.41) is 4.45. The zero-order valence-electron chi connectivity index (χ0n) is 12.5. The van der Waals surface area contributed by atoms with Gasteiger partial charge in [0.05, 0.1) is 23.0 Å². The van der Waals surface area contributed by atoms with Crippen LogP contribution in [0.3, 0.4) is 0 Å². The second-order valence-corrected chi connectivity index (χ2v) is 5.46. The van der Waals surface area contributed by atoms with Crippen LogP contribution >= 0.6 is 15.9 Å². The van der Waals surface area contributed by atoms with Gasteiger partial charge >= 0.3 is 0 Å². The molecular weight excluding hydrogens is 334 g/mol. The summed E-state index contributed by atoms with van der Waals surface area (Å²) >= 11 is 3.58. The summed E-state index contributed by atoms with van der Waals surface area (Å²) in [6.45, 7) is 2.97. The van der Waals surface area contributed by atoms with Crippen molar-refractivity contribution < 1.29 is 9.47 Å². The average Bonchev–Trinajstić information content (AvgIpc) is 2.79. The first kappa shape index (κ1) is 15.9. The predicted octanol–water partition coefficient (Wildman–Crippen LogP) is 2.79. The fraction of sp³-hybridized carbons (Fsp3) is 0.400. The van der Waals surface area contributed by atoms with E-state index < -0.39 is 0 Å². The molecule has 0 atom stereocenters. The van der Waals surface area contributed by atoms with Crippen molar-refractivity contribution in [2.24, 2.45) is 12.8 Å². The molecule has 2 rings (SSSR count). The van der Waals surface area contributed by atoms with Gasteiger partial charge in [-0.05, 0) is 40.0 Å². The Balaban J connectivity index is 2.18. The van der Waals surface area contributed by atoms with E-state index in [0.29, 0.717) is 24.7 Å². The quantitative estimate of drug-likeness (QED) is 0.867. The Bertz CT molecular complexity index is 626. The van der Waals surface area contributed by atoms with Crippen LogP contribution in [-0.2, 0) is 26.6 Å². The second kappa shape index (κ2) is 6.95. The topological polar surface area (TPSA) is 62.3 Å². The third-order valence-electron chi connectivity index (χ3n) is 3.33. The molecule has 0 aliphatic carbocycles. The molecule has 0 unspecified atom stereocenters. The minimum Gasteiger partial charge on any atom is -0.493 e. The zero-order valence-corrected chi connectivity index (χ0v) is 14.1. The summed E-state index contributed by atoms with van der Waals surface area (Å²) in [6.07, 6.45) is 0.878. The van der Waals surface area contributed by atoms with E-state index in [4.69, 9.17) is 15.2 Å². The van der Waals surface area contributed by atoms with Gasteiger partial charge in [-0.3, -0.25) is 4.68 Å². The number of halogens is 1. The highest BCUT2D eigenvalue weighted by molar-refractivity contribution is 9.10. The number of aromatic nitrogens is 2. The molecule has 2 aromatic rings. The fourth-order valence-corrected chi connectivity index (χ4v) is 2.81. The lowest BCUT2D eigenvalue weighted by Crippen LogP contribution is -2.05. The summed E-state index contributed by atoms with van der Waals surface area (Å²) in [6, 6.07) is 5.71. The normalized spacial score (nSPS) is 10.7. The van der Waals surface area contributed by atoms with E-state index in [1.54, 1.807) is 7.11 Å². The Labute approximate surface area is 133 Å². The van der Waals surface area contributed by atoms with Gasteiger partial charge in [-0.1, -0.05) is 13.0 Å². The number of hydrogen-bond donors (Lipinski definition) is 1. The molecule has 2 N–H and O–H groups in total. The maximum Gasteiger partial charge on any atom is 0.161 e. The molecule has 6 heteroatoms. The first-order valence-electron chi connectivity index (χ1n) is 6.80. The van der Waals surface area contributed by atoms with E-state index in [2.05, 4.69) is 28.0 Å². The van der Waals surface area contributed by atoms with Gasteiger partial charge in [-0.25, -0.2) is 0 Å². The Morgan fingerprint density at radius 1 is 1.33 bits per heavy atom. The highest BCUT2D eigenvalue weighted by Crippen LogP contribution is 2.30. The monoisotopic (exact) mass is 353 g/mol. The molecule has 21 heavy (non-hydrogen) atoms. The van der Waals surface area contributed by atoms with E-state index in [-0.39, 0.29) is 0 Å². The molecule has 5 nitrogen and oxygen atoms in total. The van der Waals surface area contributed by atoms with Crippen molar-refractivity contribution in [3.05, 3.63) is 39.6 Å². The molecule has 0 saturated carbocycles. The van der Waals surface area contributed by atoms with Crippen molar-refractivity contribution in [1.82, 2.24) is 9.78 Å². The van der Waals surface area contributed by atoms with Crippen molar-refractivity contribution >= 4 is 15.9 Å².